The van der Waals surface area contributed by atoms with Gasteiger partial charge in [0.1, 0.15) is 0 Å². The molecule has 20 heavy (non-hydrogen) atoms. The van der Waals surface area contributed by atoms with Crippen LogP contribution < -0.4 is 15.9 Å². The summed E-state index contributed by atoms with van der Waals surface area (Å²) in [6.07, 6.45) is 8.96. The maximum atomic E-state index is 4.01. The number of benzene rings is 1. The number of H-pyrrole nitrogens is 1. The van der Waals surface area contributed by atoms with E-state index in [9.17, 15) is 0 Å². The number of hydrogen-bond donors (Lipinski definition) is 2. The van der Waals surface area contributed by atoms with Gasteiger partial charge in [0, 0.05) is 22.5 Å². The molecule has 2 aromatic rings. The van der Waals surface area contributed by atoms with E-state index in [1.165, 1.54) is 43.7 Å². The lowest BCUT2D eigenvalue weighted by molar-refractivity contribution is 0.811. The molecule has 0 radical (unpaired) electrons. The van der Waals surface area contributed by atoms with Crippen LogP contribution in [-0.2, 0) is 6.54 Å². The topological polar surface area (TPSA) is 27.8 Å². The molecule has 104 valence electrons. The Bertz CT molecular complexity index is 807. The summed E-state index contributed by atoms with van der Waals surface area (Å²) in [5, 5.41) is 7.36. The largest absolute Gasteiger partial charge is 0.355 e. The number of nitrogens with one attached hydrogen (secondary N) is 2. The van der Waals surface area contributed by atoms with Crippen molar-refractivity contribution in [2.75, 3.05) is 7.05 Å². The molecule has 0 aliphatic heterocycles. The lowest BCUT2D eigenvalue weighted by Gasteiger charge is -2.15. The van der Waals surface area contributed by atoms with E-state index in [0.29, 0.717) is 0 Å². The van der Waals surface area contributed by atoms with Crippen molar-refractivity contribution in [3.8, 4) is 0 Å². The Morgan fingerprint density at radius 1 is 1.25 bits per heavy atom. The fourth-order valence-electron chi connectivity index (χ4n) is 3.43. The van der Waals surface area contributed by atoms with Gasteiger partial charge in [-0.05, 0) is 56.0 Å². The third-order valence-electron chi connectivity index (χ3n) is 4.42. The van der Waals surface area contributed by atoms with Crippen molar-refractivity contribution < 1.29 is 0 Å². The Kier molecular flexibility index (Phi) is 3.27. The summed E-state index contributed by atoms with van der Waals surface area (Å²) >= 11 is 0. The first-order valence-electron chi connectivity index (χ1n) is 7.30. The Balaban J connectivity index is 2.53. The zero-order valence-electron chi connectivity index (χ0n) is 12.6. The highest BCUT2D eigenvalue weighted by atomic mass is 14.8. The average molecular weight is 266 g/mol. The molecular formula is C18H22N2. The van der Waals surface area contributed by atoms with Crippen molar-refractivity contribution in [3.05, 3.63) is 39.4 Å². The minimum Gasteiger partial charge on any atom is -0.355 e. The summed E-state index contributed by atoms with van der Waals surface area (Å²) in [4.78, 5) is 3.61. The van der Waals surface area contributed by atoms with Gasteiger partial charge in [0.05, 0.1) is 5.52 Å². The third-order valence-corrected chi connectivity index (χ3v) is 4.42. The molecule has 1 heterocycles. The normalized spacial score (nSPS) is 13.8. The van der Waals surface area contributed by atoms with Crippen molar-refractivity contribution in [1.82, 2.24) is 10.3 Å². The number of hydrogen-bond acceptors (Lipinski definition) is 1. The van der Waals surface area contributed by atoms with E-state index in [1.54, 1.807) is 0 Å². The fraction of sp³-hybridized carbons (Fsp3) is 0.333. The van der Waals surface area contributed by atoms with Gasteiger partial charge in [0.2, 0.25) is 0 Å². The molecule has 0 unspecified atom stereocenters. The lowest BCUT2D eigenvalue weighted by atomic mass is 9.92. The van der Waals surface area contributed by atoms with E-state index < -0.39 is 0 Å². The molecule has 1 aromatic carbocycles. The highest BCUT2D eigenvalue weighted by Gasteiger charge is 2.15. The summed E-state index contributed by atoms with van der Waals surface area (Å²) in [7, 11) is 2.00. The van der Waals surface area contributed by atoms with Crippen molar-refractivity contribution in [3.63, 3.8) is 0 Å². The van der Waals surface area contributed by atoms with Gasteiger partial charge in [0.25, 0.3) is 0 Å². The van der Waals surface area contributed by atoms with Crippen LogP contribution in [-0.4, -0.2) is 12.0 Å². The third kappa shape index (κ3) is 1.75. The van der Waals surface area contributed by atoms with Crippen LogP contribution in [0.3, 0.4) is 0 Å². The van der Waals surface area contributed by atoms with E-state index in [2.05, 4.69) is 42.9 Å². The average Bonchev–Trinajstić information content (AvgIpc) is 2.85. The van der Waals surface area contributed by atoms with E-state index in [-0.39, 0.29) is 0 Å². The van der Waals surface area contributed by atoms with Crippen LogP contribution in [0.2, 0.25) is 0 Å². The van der Waals surface area contributed by atoms with Crippen LogP contribution >= 0.6 is 0 Å². The summed E-state index contributed by atoms with van der Waals surface area (Å²) < 4.78 is 0. The molecule has 0 saturated heterocycles. The summed E-state index contributed by atoms with van der Waals surface area (Å²) in [5.41, 5.74) is 6.59. The molecule has 1 aromatic heterocycles. The van der Waals surface area contributed by atoms with Gasteiger partial charge in [-0.2, -0.15) is 0 Å². The Morgan fingerprint density at radius 2 is 2.00 bits per heavy atom. The summed E-state index contributed by atoms with van der Waals surface area (Å²) in [5.74, 6) is 0. The molecular weight excluding hydrogens is 244 g/mol. The van der Waals surface area contributed by atoms with Gasteiger partial charge in [-0.15, -0.1) is 0 Å². The first kappa shape index (κ1) is 13.2. The maximum absolute atomic E-state index is 4.01. The van der Waals surface area contributed by atoms with Crippen molar-refractivity contribution in [2.24, 2.45) is 0 Å². The minimum absolute atomic E-state index is 0.883. The highest BCUT2D eigenvalue weighted by Crippen LogP contribution is 2.27. The second-order valence-corrected chi connectivity index (χ2v) is 5.56. The Morgan fingerprint density at radius 3 is 2.70 bits per heavy atom. The summed E-state index contributed by atoms with van der Waals surface area (Å²) in [6.45, 7) is 9.32. The van der Waals surface area contributed by atoms with Crippen LogP contribution in [0.4, 0.5) is 0 Å². The van der Waals surface area contributed by atoms with Crippen LogP contribution in [0, 0.1) is 13.8 Å². The number of rotatable bonds is 3. The van der Waals surface area contributed by atoms with Gasteiger partial charge in [0.15, 0.2) is 0 Å². The van der Waals surface area contributed by atoms with Crippen molar-refractivity contribution >= 4 is 29.1 Å². The van der Waals surface area contributed by atoms with Gasteiger partial charge >= 0.3 is 0 Å². The predicted octanol–water partition coefficient (Wildman–Crippen LogP) is 2.50. The number of aromatic nitrogens is 1. The van der Waals surface area contributed by atoms with Crippen LogP contribution in [0.1, 0.15) is 35.1 Å². The Hall–Kier alpha value is -1.80. The van der Waals surface area contributed by atoms with Gasteiger partial charge < -0.3 is 10.3 Å². The number of fused-ring (bicyclic) bond motifs is 3. The molecule has 3 rings (SSSR count). The first-order valence-corrected chi connectivity index (χ1v) is 7.30. The number of aryl methyl sites for hydroxylation is 2. The van der Waals surface area contributed by atoms with E-state index in [4.69, 9.17) is 0 Å². The van der Waals surface area contributed by atoms with Gasteiger partial charge in [-0.1, -0.05) is 24.8 Å². The first-order chi connectivity index (χ1) is 9.69. The van der Waals surface area contributed by atoms with Crippen LogP contribution in [0.5, 0.6) is 0 Å². The zero-order valence-corrected chi connectivity index (χ0v) is 12.6. The lowest BCUT2D eigenvalue weighted by Crippen LogP contribution is -2.25. The second-order valence-electron chi connectivity index (χ2n) is 5.56. The highest BCUT2D eigenvalue weighted by molar-refractivity contribution is 5.91. The van der Waals surface area contributed by atoms with Gasteiger partial charge in [-0.3, -0.25) is 0 Å². The molecule has 2 nitrogen and oxygen atoms in total. The SMILES string of the molecule is C=Cc1c(CNC)c(C)c2c3c([nH]c2c1C)=CCCC=3. The molecule has 1 aliphatic carbocycles. The van der Waals surface area contributed by atoms with Crippen molar-refractivity contribution in [2.45, 2.75) is 33.2 Å². The van der Waals surface area contributed by atoms with E-state index in [0.717, 1.165) is 19.4 Å². The summed E-state index contributed by atoms with van der Waals surface area (Å²) in [6, 6.07) is 0. The predicted molar refractivity (Wildman–Crippen MR) is 88.0 cm³/mol. The van der Waals surface area contributed by atoms with Gasteiger partial charge in [-0.25, -0.2) is 0 Å². The second kappa shape index (κ2) is 4.95. The van der Waals surface area contributed by atoms with Crippen LogP contribution in [0.25, 0.3) is 29.1 Å². The number of aromatic amines is 1. The molecule has 2 heteroatoms. The Labute approximate surface area is 119 Å². The molecule has 2 N–H and O–H groups in total. The van der Waals surface area contributed by atoms with E-state index in [1.807, 2.05) is 13.1 Å². The maximum Gasteiger partial charge on any atom is 0.0503 e. The molecule has 0 atom stereocenters. The smallest absolute Gasteiger partial charge is 0.0503 e. The molecule has 0 fully saturated rings. The molecule has 0 bridgehead atoms. The molecule has 0 spiro atoms. The molecule has 0 amide bonds. The fourth-order valence-corrected chi connectivity index (χ4v) is 3.43. The standard InChI is InChI=1S/C18H22N2/c1-5-13-12(3)18-17(11(2)15(13)10-19-4)14-8-6-7-9-16(14)20-18/h5,8-9,19-20H,1,6-7,10H2,2-4H3. The molecule has 1 aliphatic rings. The quantitative estimate of drug-likeness (QED) is 0.878. The van der Waals surface area contributed by atoms with Crippen LogP contribution in [0.15, 0.2) is 6.58 Å². The minimum atomic E-state index is 0.883. The monoisotopic (exact) mass is 266 g/mol. The molecule has 0 saturated carbocycles. The zero-order chi connectivity index (χ0) is 14.3. The van der Waals surface area contributed by atoms with Crippen molar-refractivity contribution in [1.29, 1.82) is 0 Å². The van der Waals surface area contributed by atoms with E-state index >= 15 is 0 Å².